The van der Waals surface area contributed by atoms with Gasteiger partial charge in [-0.2, -0.15) is 5.26 Å². The van der Waals surface area contributed by atoms with E-state index in [0.29, 0.717) is 16.4 Å². The van der Waals surface area contributed by atoms with Gasteiger partial charge in [-0.25, -0.2) is 0 Å². The minimum atomic E-state index is -0.359. The Morgan fingerprint density at radius 1 is 0.938 bits per heavy atom. The Balaban J connectivity index is 1.61. The van der Waals surface area contributed by atoms with Crippen molar-refractivity contribution < 1.29 is 0 Å². The van der Waals surface area contributed by atoms with Crippen molar-refractivity contribution in [1.82, 2.24) is 0 Å². The third-order valence-electron chi connectivity index (χ3n) is 5.72. The first-order valence-corrected chi connectivity index (χ1v) is 12.0. The number of hydrogen-bond acceptors (Lipinski definition) is 5. The van der Waals surface area contributed by atoms with Gasteiger partial charge >= 0.3 is 0 Å². The van der Waals surface area contributed by atoms with Gasteiger partial charge in [0.1, 0.15) is 10.9 Å². The minimum Gasteiger partial charge on any atom is -0.349 e. The van der Waals surface area contributed by atoms with Crippen LogP contribution >= 0.6 is 35.1 Å². The first-order valence-electron chi connectivity index (χ1n) is 9.99. The Hall–Kier alpha value is -3.11. The zero-order chi connectivity index (χ0) is 21.8. The van der Waals surface area contributed by atoms with Crippen LogP contribution in [-0.2, 0) is 0 Å². The molecule has 4 nitrogen and oxygen atoms in total. The largest absolute Gasteiger partial charge is 0.349 e. The van der Waals surface area contributed by atoms with E-state index in [1.165, 1.54) is 0 Å². The second kappa shape index (κ2) is 7.49. The van der Waals surface area contributed by atoms with Gasteiger partial charge in [0.2, 0.25) is 0 Å². The van der Waals surface area contributed by atoms with Gasteiger partial charge in [-0.15, -0.1) is 0 Å². The number of rotatable bonds is 1. The van der Waals surface area contributed by atoms with Crippen molar-refractivity contribution >= 4 is 52.3 Å². The topological polar surface area (TPSA) is 62.9 Å². The van der Waals surface area contributed by atoms with Crippen LogP contribution in [0.15, 0.2) is 104 Å². The average molecular weight is 471 g/mol. The molecule has 2 N–H and O–H groups in total. The summed E-state index contributed by atoms with van der Waals surface area (Å²) in [4.78, 5) is 4.08. The molecule has 0 aromatic heterocycles. The molecule has 154 valence electrons. The summed E-state index contributed by atoms with van der Waals surface area (Å²) in [5.74, 6) is 0.0290. The summed E-state index contributed by atoms with van der Waals surface area (Å²) < 4.78 is 0. The van der Waals surface area contributed by atoms with E-state index < -0.39 is 0 Å². The van der Waals surface area contributed by atoms with Crippen LogP contribution in [0.1, 0.15) is 11.5 Å². The highest BCUT2D eigenvalue weighted by Crippen LogP contribution is 2.56. The fourth-order valence-electron chi connectivity index (χ4n) is 4.29. The summed E-state index contributed by atoms with van der Waals surface area (Å²) in [7, 11) is 0. The third-order valence-corrected chi connectivity index (χ3v) is 8.23. The number of fused-ring (bicyclic) bond motifs is 4. The molecule has 0 saturated carbocycles. The molecule has 0 fully saturated rings. The number of para-hydroxylation sites is 2. The van der Waals surface area contributed by atoms with Crippen LogP contribution < -0.4 is 10.2 Å². The van der Waals surface area contributed by atoms with Gasteiger partial charge in [-0.1, -0.05) is 71.5 Å². The number of nitriles is 1. The minimum absolute atomic E-state index is 0.359. The van der Waals surface area contributed by atoms with Crippen LogP contribution in [0, 0.1) is 16.7 Å². The number of amidine groups is 1. The molecule has 0 amide bonds. The van der Waals surface area contributed by atoms with Gasteiger partial charge in [-0.3, -0.25) is 10.3 Å². The number of nitrogens with one attached hydrogen (secondary N) is 2. The lowest BCUT2D eigenvalue weighted by Gasteiger charge is -2.35. The highest BCUT2D eigenvalue weighted by atomic mass is 35.5. The Morgan fingerprint density at radius 3 is 2.41 bits per heavy atom. The Morgan fingerprint density at radius 2 is 1.66 bits per heavy atom. The molecule has 0 bridgehead atoms. The summed E-state index contributed by atoms with van der Waals surface area (Å²) in [5, 5.41) is 25.5. The molecular weight excluding hydrogens is 456 g/mol. The molecule has 3 aromatic carbocycles. The van der Waals surface area contributed by atoms with Gasteiger partial charge in [0.05, 0.1) is 34.0 Å². The zero-order valence-electron chi connectivity index (χ0n) is 16.6. The van der Waals surface area contributed by atoms with Crippen LogP contribution in [0.5, 0.6) is 0 Å². The maximum absolute atomic E-state index is 10.3. The molecule has 3 aromatic rings. The summed E-state index contributed by atoms with van der Waals surface area (Å²) in [6.45, 7) is 0. The van der Waals surface area contributed by atoms with E-state index in [2.05, 4.69) is 17.5 Å². The molecule has 3 aliphatic heterocycles. The second-order valence-corrected chi connectivity index (χ2v) is 10.1. The van der Waals surface area contributed by atoms with E-state index in [1.54, 1.807) is 23.5 Å². The fraction of sp³-hybridized carbons (Fsp3) is 0.0400. The summed E-state index contributed by atoms with van der Waals surface area (Å²) in [6.07, 6.45) is 0. The number of thioether (sulfide) groups is 2. The van der Waals surface area contributed by atoms with Gasteiger partial charge in [0, 0.05) is 20.4 Å². The first kappa shape index (κ1) is 19.6. The number of anilines is 2. The van der Waals surface area contributed by atoms with E-state index in [-0.39, 0.29) is 5.92 Å². The molecular formula is C25H15ClN4S2. The summed E-state index contributed by atoms with van der Waals surface area (Å²) in [5.41, 5.74) is 4.35. The van der Waals surface area contributed by atoms with Crippen molar-refractivity contribution in [2.75, 3.05) is 10.2 Å². The molecule has 6 rings (SSSR count). The van der Waals surface area contributed by atoms with Crippen LogP contribution in [0.25, 0.3) is 0 Å². The second-order valence-electron chi connectivity index (χ2n) is 7.54. The highest BCUT2D eigenvalue weighted by molar-refractivity contribution is 8.04. The van der Waals surface area contributed by atoms with E-state index in [9.17, 15) is 10.7 Å². The summed E-state index contributed by atoms with van der Waals surface area (Å²) in [6, 6.07) is 26.2. The SMILES string of the molecule is N#CC1=C2Sc3ccccc3N2C(=N)C(=C2Nc3ccccc3S2)[C@@H]1c1ccc(Cl)cc1. The lowest BCUT2D eigenvalue weighted by molar-refractivity contribution is 0.940. The van der Waals surface area contributed by atoms with Crippen LogP contribution in [0.3, 0.4) is 0 Å². The summed E-state index contributed by atoms with van der Waals surface area (Å²) >= 11 is 9.33. The van der Waals surface area contributed by atoms with Gasteiger partial charge in [0.25, 0.3) is 0 Å². The lowest BCUT2D eigenvalue weighted by Crippen LogP contribution is -2.37. The number of allylic oxidation sites excluding steroid dienone is 1. The standard InChI is InChI=1S/C25H15ClN4S2/c26-15-11-9-14(10-12-15)21-16(13-27)25-30(18-6-2-4-8-20(18)32-25)23(28)22(21)24-29-17-5-1-3-7-19(17)31-24/h1-12,21,28-29H/t21-/m1/s1. The smallest absolute Gasteiger partial charge is 0.137 e. The number of hydrogen-bond donors (Lipinski definition) is 2. The van der Waals surface area contributed by atoms with E-state index in [4.69, 9.17) is 11.6 Å². The van der Waals surface area contributed by atoms with Gasteiger partial charge in [-0.05, 0) is 42.0 Å². The van der Waals surface area contributed by atoms with Crippen molar-refractivity contribution in [3.63, 3.8) is 0 Å². The third kappa shape index (κ3) is 2.90. The van der Waals surface area contributed by atoms with Crippen LogP contribution in [-0.4, -0.2) is 5.84 Å². The van der Waals surface area contributed by atoms with Crippen LogP contribution in [0.4, 0.5) is 11.4 Å². The first-order chi connectivity index (χ1) is 15.7. The molecule has 32 heavy (non-hydrogen) atoms. The molecule has 0 aliphatic carbocycles. The molecule has 1 atom stereocenters. The van der Waals surface area contributed by atoms with Gasteiger partial charge in [0.15, 0.2) is 0 Å². The van der Waals surface area contributed by atoms with Crippen molar-refractivity contribution in [2.45, 2.75) is 15.7 Å². The van der Waals surface area contributed by atoms with E-state index in [0.717, 1.165) is 42.4 Å². The number of nitrogens with zero attached hydrogens (tertiary/aromatic N) is 2. The van der Waals surface area contributed by atoms with Crippen molar-refractivity contribution in [2.24, 2.45) is 0 Å². The molecule has 0 unspecified atom stereocenters. The molecule has 0 spiro atoms. The number of halogens is 1. The fourth-order valence-corrected chi connectivity index (χ4v) is 6.67. The predicted octanol–water partition coefficient (Wildman–Crippen LogP) is 7.19. The maximum atomic E-state index is 10.3. The van der Waals surface area contributed by atoms with Crippen molar-refractivity contribution in [1.29, 1.82) is 10.7 Å². The van der Waals surface area contributed by atoms with Gasteiger partial charge < -0.3 is 5.32 Å². The maximum Gasteiger partial charge on any atom is 0.137 e. The molecule has 0 saturated heterocycles. The lowest BCUT2D eigenvalue weighted by atomic mass is 9.82. The molecule has 3 heterocycles. The normalized spacial score (nSPS) is 21.1. The van der Waals surface area contributed by atoms with E-state index >= 15 is 0 Å². The zero-order valence-corrected chi connectivity index (χ0v) is 19.0. The molecule has 7 heteroatoms. The van der Waals surface area contributed by atoms with Crippen LogP contribution in [0.2, 0.25) is 5.02 Å². The van der Waals surface area contributed by atoms with Crippen molar-refractivity contribution in [3.05, 3.63) is 105 Å². The quantitative estimate of drug-likeness (QED) is 0.394. The Labute approximate surface area is 199 Å². The molecule has 3 aliphatic rings. The van der Waals surface area contributed by atoms with Crippen molar-refractivity contribution in [3.8, 4) is 6.07 Å². The monoisotopic (exact) mass is 470 g/mol. The Kier molecular flexibility index (Phi) is 4.58. The van der Waals surface area contributed by atoms with E-state index in [1.807, 2.05) is 71.6 Å². The average Bonchev–Trinajstić information content (AvgIpc) is 3.41. The molecule has 0 radical (unpaired) electrons. The Bertz CT molecular complexity index is 1370. The highest BCUT2D eigenvalue weighted by Gasteiger charge is 2.44. The predicted molar refractivity (Wildman–Crippen MR) is 132 cm³/mol. The number of benzene rings is 3.